The van der Waals surface area contributed by atoms with Gasteiger partial charge in [-0.05, 0) is 41.5 Å². The van der Waals surface area contributed by atoms with Crippen LogP contribution >= 0.6 is 0 Å². The van der Waals surface area contributed by atoms with Crippen molar-refractivity contribution in [1.82, 2.24) is 5.32 Å². The molecule has 5 heteroatoms. The SMILES string of the molecule is CCC1=CCC(C)(C2=CC=C=[N+]3N=C(NC(=O)C4CC4)N=C23)C=C1. The van der Waals surface area contributed by atoms with Gasteiger partial charge in [0, 0.05) is 22.4 Å². The fourth-order valence-corrected chi connectivity index (χ4v) is 3.13. The molecule has 1 saturated carbocycles. The normalized spacial score (nSPS) is 27.7. The number of carbonyl (C=O) groups is 1. The van der Waals surface area contributed by atoms with Crippen LogP contribution < -0.4 is 5.32 Å². The zero-order valence-electron chi connectivity index (χ0n) is 14.0. The molecule has 0 aromatic carbocycles. The second kappa shape index (κ2) is 5.53. The van der Waals surface area contributed by atoms with E-state index in [0.29, 0.717) is 5.96 Å². The summed E-state index contributed by atoms with van der Waals surface area (Å²) in [6, 6.07) is 0. The summed E-state index contributed by atoms with van der Waals surface area (Å²) in [7, 11) is 0. The van der Waals surface area contributed by atoms with E-state index in [1.165, 1.54) is 5.57 Å². The Hall–Kier alpha value is -2.52. The molecule has 0 aromatic heterocycles. The number of hydrogen-bond acceptors (Lipinski definition) is 3. The highest BCUT2D eigenvalue weighted by molar-refractivity contribution is 6.10. The van der Waals surface area contributed by atoms with Crippen molar-refractivity contribution in [3.63, 3.8) is 0 Å². The lowest BCUT2D eigenvalue weighted by Gasteiger charge is -2.28. The largest absolute Gasteiger partial charge is 0.382 e. The molecule has 1 unspecified atom stereocenters. The van der Waals surface area contributed by atoms with Gasteiger partial charge in [0.2, 0.25) is 5.91 Å². The van der Waals surface area contributed by atoms with Crippen LogP contribution in [0.15, 0.2) is 51.6 Å². The van der Waals surface area contributed by atoms with Gasteiger partial charge in [-0.25, -0.2) is 0 Å². The molecule has 1 atom stereocenters. The smallest absolute Gasteiger partial charge is 0.274 e. The van der Waals surface area contributed by atoms with E-state index >= 15 is 0 Å². The third kappa shape index (κ3) is 2.61. The average Bonchev–Trinajstić information content (AvgIpc) is 3.35. The number of carbonyl (C=O) groups excluding carboxylic acids is 1. The van der Waals surface area contributed by atoms with Crippen LogP contribution in [0.3, 0.4) is 0 Å². The summed E-state index contributed by atoms with van der Waals surface area (Å²) in [6.07, 6.45) is 14.6. The van der Waals surface area contributed by atoms with E-state index in [9.17, 15) is 4.79 Å². The molecule has 4 aliphatic rings. The first-order chi connectivity index (χ1) is 11.6. The Balaban J connectivity index is 1.58. The summed E-state index contributed by atoms with van der Waals surface area (Å²) in [5.74, 6) is 4.33. The van der Waals surface area contributed by atoms with E-state index in [4.69, 9.17) is 0 Å². The molecular weight excluding hydrogens is 300 g/mol. The number of amidine groups is 1. The maximum atomic E-state index is 11.9. The predicted octanol–water partition coefficient (Wildman–Crippen LogP) is 2.68. The summed E-state index contributed by atoms with van der Waals surface area (Å²) in [5.41, 5.74) is 2.34. The van der Waals surface area contributed by atoms with E-state index in [0.717, 1.165) is 37.1 Å². The maximum absolute atomic E-state index is 11.9. The van der Waals surface area contributed by atoms with Gasteiger partial charge in [-0.3, -0.25) is 10.1 Å². The number of guanidine groups is 1. The van der Waals surface area contributed by atoms with Gasteiger partial charge in [-0.2, -0.15) is 0 Å². The first kappa shape index (κ1) is 15.0. The van der Waals surface area contributed by atoms with E-state index in [1.54, 1.807) is 4.68 Å². The average molecular weight is 321 g/mol. The molecule has 1 amide bonds. The van der Waals surface area contributed by atoms with Crippen molar-refractivity contribution in [2.75, 3.05) is 0 Å². The molecule has 0 aromatic rings. The Labute approximate surface area is 141 Å². The van der Waals surface area contributed by atoms with Crippen molar-refractivity contribution in [3.05, 3.63) is 41.5 Å². The van der Waals surface area contributed by atoms with Crippen molar-refractivity contribution in [2.45, 2.75) is 39.5 Å². The van der Waals surface area contributed by atoms with Gasteiger partial charge in [0.15, 0.2) is 0 Å². The fourth-order valence-electron chi connectivity index (χ4n) is 3.13. The van der Waals surface area contributed by atoms with Crippen molar-refractivity contribution < 1.29 is 9.48 Å². The number of allylic oxidation sites excluding steroid dienone is 6. The topological polar surface area (TPSA) is 56.8 Å². The number of hydrogen-bond donors (Lipinski definition) is 1. The first-order valence-electron chi connectivity index (χ1n) is 8.56. The lowest BCUT2D eigenvalue weighted by molar-refractivity contribution is -0.400. The van der Waals surface area contributed by atoms with Gasteiger partial charge in [0.05, 0.1) is 5.57 Å². The van der Waals surface area contributed by atoms with Crippen molar-refractivity contribution in [1.29, 1.82) is 0 Å². The van der Waals surface area contributed by atoms with Gasteiger partial charge in [0.25, 0.3) is 0 Å². The molecule has 0 radical (unpaired) electrons. The quantitative estimate of drug-likeness (QED) is 0.798. The minimum Gasteiger partial charge on any atom is -0.274 e. The molecule has 0 spiro atoms. The minimum absolute atomic E-state index is 0.0201. The number of amides is 1. The second-order valence-corrected chi connectivity index (χ2v) is 6.90. The molecule has 1 fully saturated rings. The minimum atomic E-state index is -0.125. The third-order valence-electron chi connectivity index (χ3n) is 4.96. The Morgan fingerprint density at radius 3 is 3.00 bits per heavy atom. The highest BCUT2D eigenvalue weighted by atomic mass is 16.2. The molecule has 1 N–H and O–H groups in total. The summed E-state index contributed by atoms with van der Waals surface area (Å²) in [4.78, 5) is 16.5. The molecule has 24 heavy (non-hydrogen) atoms. The van der Waals surface area contributed by atoms with Crippen LogP contribution in [0.2, 0.25) is 0 Å². The Bertz CT molecular complexity index is 829. The lowest BCUT2D eigenvalue weighted by atomic mass is 9.74. The van der Waals surface area contributed by atoms with Crippen LogP contribution in [-0.4, -0.2) is 28.3 Å². The zero-order chi connectivity index (χ0) is 16.7. The number of aliphatic imine (C=N–C) groups is 1. The third-order valence-corrected chi connectivity index (χ3v) is 4.96. The Kier molecular flexibility index (Phi) is 3.47. The Morgan fingerprint density at radius 1 is 1.50 bits per heavy atom. The molecule has 2 aliphatic heterocycles. The summed E-state index contributed by atoms with van der Waals surface area (Å²) in [5, 5.41) is 7.18. The van der Waals surface area contributed by atoms with Crippen LogP contribution in [0.5, 0.6) is 0 Å². The predicted molar refractivity (Wildman–Crippen MR) is 93.9 cm³/mol. The lowest BCUT2D eigenvalue weighted by Crippen LogP contribution is -2.30. The zero-order valence-corrected chi connectivity index (χ0v) is 14.0. The van der Waals surface area contributed by atoms with Crippen molar-refractivity contribution in [2.24, 2.45) is 21.4 Å². The van der Waals surface area contributed by atoms with Crippen LogP contribution in [-0.2, 0) is 4.79 Å². The van der Waals surface area contributed by atoms with E-state index in [2.05, 4.69) is 53.4 Å². The highest BCUT2D eigenvalue weighted by Crippen LogP contribution is 2.39. The molecular formula is C19H21N4O+. The summed E-state index contributed by atoms with van der Waals surface area (Å²) < 4.78 is 1.63. The standard InChI is InChI=1S/C19H20N4O/c1-3-13-8-10-19(2,11-9-13)15-5-4-12-23-16(15)20-18(22-23)21-17(24)14-6-7-14/h4-5,8-10,14H,3,6-7,11H2,1-2H3/p+1. The maximum Gasteiger partial charge on any atom is 0.382 e. The van der Waals surface area contributed by atoms with Crippen molar-refractivity contribution in [3.8, 4) is 0 Å². The molecule has 2 aliphatic carbocycles. The fraction of sp³-hybridized carbons (Fsp3) is 0.421. The molecule has 4 rings (SSSR count). The van der Waals surface area contributed by atoms with E-state index in [1.807, 2.05) is 12.2 Å². The van der Waals surface area contributed by atoms with Crippen molar-refractivity contribution >= 4 is 23.6 Å². The molecule has 122 valence electrons. The van der Waals surface area contributed by atoms with E-state index in [-0.39, 0.29) is 17.2 Å². The van der Waals surface area contributed by atoms with Gasteiger partial charge < -0.3 is 0 Å². The molecule has 5 nitrogen and oxygen atoms in total. The van der Waals surface area contributed by atoms with E-state index < -0.39 is 0 Å². The molecule has 2 heterocycles. The molecule has 0 bridgehead atoms. The first-order valence-corrected chi connectivity index (χ1v) is 8.56. The second-order valence-electron chi connectivity index (χ2n) is 6.90. The monoisotopic (exact) mass is 321 g/mol. The van der Waals surface area contributed by atoms with Crippen LogP contribution in [0, 0.1) is 11.3 Å². The van der Waals surface area contributed by atoms with Gasteiger partial charge in [-0.1, -0.05) is 37.6 Å². The van der Waals surface area contributed by atoms with Gasteiger partial charge in [-0.15, -0.1) is 0 Å². The van der Waals surface area contributed by atoms with Crippen LogP contribution in [0.4, 0.5) is 0 Å². The number of rotatable bonds is 3. The number of nitrogens with zero attached hydrogens (tertiary/aromatic N) is 3. The number of hydrazone groups is 1. The number of fused-ring (bicyclic) bond motifs is 1. The van der Waals surface area contributed by atoms with Crippen LogP contribution in [0.25, 0.3) is 0 Å². The summed E-state index contributed by atoms with van der Waals surface area (Å²) in [6.45, 7) is 4.38. The van der Waals surface area contributed by atoms with Gasteiger partial charge in [0.1, 0.15) is 5.87 Å². The summed E-state index contributed by atoms with van der Waals surface area (Å²) >= 11 is 0. The van der Waals surface area contributed by atoms with Gasteiger partial charge >= 0.3 is 11.8 Å². The van der Waals surface area contributed by atoms with Crippen LogP contribution in [0.1, 0.15) is 39.5 Å². The highest BCUT2D eigenvalue weighted by Gasteiger charge is 2.42. The molecule has 0 saturated heterocycles. The number of nitrogens with one attached hydrogen (secondary N) is 1. The Morgan fingerprint density at radius 2 is 2.33 bits per heavy atom.